The molecule has 1 aromatic heterocycles. The maximum absolute atomic E-state index is 11.5. The average Bonchev–Trinajstić information content (AvgIpc) is 2.85. The second-order valence-corrected chi connectivity index (χ2v) is 5.16. The van der Waals surface area contributed by atoms with Gasteiger partial charge in [0.25, 0.3) is 0 Å². The van der Waals surface area contributed by atoms with E-state index in [1.165, 1.54) is 0 Å². The molecular formula is C19H16O3. The van der Waals surface area contributed by atoms with Crippen LogP contribution in [0.2, 0.25) is 0 Å². The van der Waals surface area contributed by atoms with E-state index in [-0.39, 0.29) is 5.56 Å². The van der Waals surface area contributed by atoms with E-state index in [4.69, 9.17) is 4.42 Å². The molecule has 0 radical (unpaired) electrons. The highest BCUT2D eigenvalue weighted by molar-refractivity contribution is 5.95. The Morgan fingerprint density at radius 2 is 1.95 bits per heavy atom. The Balaban J connectivity index is 2.20. The van der Waals surface area contributed by atoms with Crippen LogP contribution in [0, 0.1) is 6.92 Å². The predicted octanol–water partition coefficient (Wildman–Crippen LogP) is 5.14. The number of carboxylic acid groups (broad SMARTS) is 1. The second kappa shape index (κ2) is 5.53. The van der Waals surface area contributed by atoms with Crippen LogP contribution in [0.25, 0.3) is 28.4 Å². The molecule has 22 heavy (non-hydrogen) atoms. The molecule has 0 aliphatic carbocycles. The molecule has 3 heteroatoms. The summed E-state index contributed by atoms with van der Waals surface area (Å²) in [5.74, 6) is -0.223. The van der Waals surface area contributed by atoms with Crippen molar-refractivity contribution < 1.29 is 14.3 Å². The molecule has 3 rings (SSSR count). The smallest absolute Gasteiger partial charge is 0.336 e. The van der Waals surface area contributed by atoms with Crippen LogP contribution in [0.4, 0.5) is 0 Å². The molecule has 110 valence electrons. The van der Waals surface area contributed by atoms with Gasteiger partial charge in [0, 0.05) is 16.5 Å². The zero-order chi connectivity index (χ0) is 15.7. The van der Waals surface area contributed by atoms with E-state index >= 15 is 0 Å². The number of carbonyl (C=O) groups is 1. The van der Waals surface area contributed by atoms with Crippen LogP contribution in [0.3, 0.4) is 0 Å². The lowest BCUT2D eigenvalue weighted by atomic mass is 10.00. The van der Waals surface area contributed by atoms with Crippen molar-refractivity contribution in [3.63, 3.8) is 0 Å². The highest BCUT2D eigenvalue weighted by Crippen LogP contribution is 2.33. The van der Waals surface area contributed by atoms with Crippen LogP contribution in [0.5, 0.6) is 0 Å². The summed E-state index contributed by atoms with van der Waals surface area (Å²) in [7, 11) is 0. The molecule has 1 heterocycles. The van der Waals surface area contributed by atoms with Crippen molar-refractivity contribution >= 4 is 23.0 Å². The van der Waals surface area contributed by atoms with Gasteiger partial charge in [0.15, 0.2) is 0 Å². The van der Waals surface area contributed by atoms with E-state index in [0.29, 0.717) is 5.56 Å². The van der Waals surface area contributed by atoms with Gasteiger partial charge in [-0.05, 0) is 31.5 Å². The van der Waals surface area contributed by atoms with E-state index in [1.54, 1.807) is 12.1 Å². The van der Waals surface area contributed by atoms with Gasteiger partial charge in [-0.25, -0.2) is 4.79 Å². The standard InChI is InChI=1S/C19H16O3/c1-3-6-13-9-10-14(11-16(13)19(20)21)18-12(2)15-7-4-5-8-17(15)22-18/h3-11H,1-2H3,(H,20,21). The van der Waals surface area contributed by atoms with Gasteiger partial charge >= 0.3 is 5.97 Å². The topological polar surface area (TPSA) is 50.4 Å². The summed E-state index contributed by atoms with van der Waals surface area (Å²) in [4.78, 5) is 11.5. The minimum Gasteiger partial charge on any atom is -0.478 e. The molecule has 0 atom stereocenters. The van der Waals surface area contributed by atoms with Gasteiger partial charge in [-0.15, -0.1) is 0 Å². The number of rotatable bonds is 3. The molecule has 2 aromatic carbocycles. The van der Waals surface area contributed by atoms with Crippen molar-refractivity contribution in [3.8, 4) is 11.3 Å². The normalized spacial score (nSPS) is 11.4. The summed E-state index contributed by atoms with van der Waals surface area (Å²) in [6, 6.07) is 13.2. The first-order chi connectivity index (χ1) is 10.6. The Hall–Kier alpha value is -2.81. The molecule has 1 N–H and O–H groups in total. The summed E-state index contributed by atoms with van der Waals surface area (Å²) >= 11 is 0. The fourth-order valence-electron chi connectivity index (χ4n) is 2.66. The van der Waals surface area contributed by atoms with Crippen LogP contribution < -0.4 is 0 Å². The van der Waals surface area contributed by atoms with E-state index < -0.39 is 5.97 Å². The number of furan rings is 1. The Kier molecular flexibility index (Phi) is 3.55. The molecule has 0 saturated carbocycles. The van der Waals surface area contributed by atoms with Gasteiger partial charge in [0.05, 0.1) is 5.56 Å². The Morgan fingerprint density at radius 3 is 2.64 bits per heavy atom. The quantitative estimate of drug-likeness (QED) is 0.727. The van der Waals surface area contributed by atoms with Crippen molar-refractivity contribution in [3.05, 3.63) is 65.2 Å². The number of aromatic carboxylic acids is 1. The summed E-state index contributed by atoms with van der Waals surface area (Å²) in [6.07, 6.45) is 3.62. The Morgan fingerprint density at radius 1 is 1.18 bits per heavy atom. The minimum absolute atomic E-state index is 0.274. The van der Waals surface area contributed by atoms with Gasteiger partial charge in [0.2, 0.25) is 0 Å². The molecule has 0 aliphatic heterocycles. The fraction of sp³-hybridized carbons (Fsp3) is 0.105. The highest BCUT2D eigenvalue weighted by atomic mass is 16.4. The Labute approximate surface area is 128 Å². The predicted molar refractivity (Wildman–Crippen MR) is 88.1 cm³/mol. The third kappa shape index (κ3) is 2.31. The molecule has 0 saturated heterocycles. The van der Waals surface area contributed by atoms with Crippen LogP contribution >= 0.6 is 0 Å². The summed E-state index contributed by atoms with van der Waals surface area (Å²) in [5, 5.41) is 10.5. The minimum atomic E-state index is -0.941. The maximum atomic E-state index is 11.5. The van der Waals surface area contributed by atoms with E-state index in [9.17, 15) is 9.90 Å². The molecule has 0 aliphatic rings. The molecular weight excluding hydrogens is 276 g/mol. The van der Waals surface area contributed by atoms with E-state index in [2.05, 4.69) is 0 Å². The van der Waals surface area contributed by atoms with Crippen molar-refractivity contribution in [2.75, 3.05) is 0 Å². The lowest BCUT2D eigenvalue weighted by molar-refractivity contribution is 0.0696. The monoisotopic (exact) mass is 292 g/mol. The number of para-hydroxylation sites is 1. The SMILES string of the molecule is CC=Cc1ccc(-c2oc3ccccc3c2C)cc1C(=O)O. The summed E-state index contributed by atoms with van der Waals surface area (Å²) < 4.78 is 5.91. The number of carboxylic acids is 1. The van der Waals surface area contributed by atoms with Crippen LogP contribution in [0.15, 0.2) is 53.0 Å². The number of aryl methyl sites for hydroxylation is 1. The van der Waals surface area contributed by atoms with E-state index in [1.807, 2.05) is 56.3 Å². The number of hydrogen-bond acceptors (Lipinski definition) is 2. The van der Waals surface area contributed by atoms with Crippen molar-refractivity contribution in [2.24, 2.45) is 0 Å². The first kappa shape index (κ1) is 14.1. The van der Waals surface area contributed by atoms with Crippen LogP contribution in [-0.2, 0) is 0 Å². The van der Waals surface area contributed by atoms with Crippen LogP contribution in [-0.4, -0.2) is 11.1 Å². The Bertz CT molecular complexity index is 885. The average molecular weight is 292 g/mol. The lowest BCUT2D eigenvalue weighted by Gasteiger charge is -2.05. The second-order valence-electron chi connectivity index (χ2n) is 5.16. The molecule has 0 amide bonds. The third-order valence-corrected chi connectivity index (χ3v) is 3.74. The van der Waals surface area contributed by atoms with E-state index in [0.717, 1.165) is 27.9 Å². The van der Waals surface area contributed by atoms with Gasteiger partial charge < -0.3 is 9.52 Å². The number of fused-ring (bicyclic) bond motifs is 1. The first-order valence-electron chi connectivity index (χ1n) is 7.10. The van der Waals surface area contributed by atoms with Gasteiger partial charge in [-0.1, -0.05) is 42.5 Å². The molecule has 3 nitrogen and oxygen atoms in total. The van der Waals surface area contributed by atoms with Gasteiger partial charge in [-0.2, -0.15) is 0 Å². The fourth-order valence-corrected chi connectivity index (χ4v) is 2.66. The number of hydrogen-bond donors (Lipinski definition) is 1. The van der Waals surface area contributed by atoms with Crippen LogP contribution in [0.1, 0.15) is 28.4 Å². The summed E-state index contributed by atoms with van der Waals surface area (Å²) in [6.45, 7) is 3.85. The zero-order valence-corrected chi connectivity index (χ0v) is 12.5. The third-order valence-electron chi connectivity index (χ3n) is 3.74. The molecule has 0 unspecified atom stereocenters. The van der Waals surface area contributed by atoms with Crippen molar-refractivity contribution in [1.82, 2.24) is 0 Å². The van der Waals surface area contributed by atoms with Gasteiger partial charge in [0.1, 0.15) is 11.3 Å². The highest BCUT2D eigenvalue weighted by Gasteiger charge is 2.15. The number of allylic oxidation sites excluding steroid dienone is 1. The molecule has 3 aromatic rings. The van der Waals surface area contributed by atoms with Gasteiger partial charge in [-0.3, -0.25) is 0 Å². The van der Waals surface area contributed by atoms with Crippen molar-refractivity contribution in [1.29, 1.82) is 0 Å². The first-order valence-corrected chi connectivity index (χ1v) is 7.10. The maximum Gasteiger partial charge on any atom is 0.336 e. The molecule has 0 fully saturated rings. The zero-order valence-electron chi connectivity index (χ0n) is 12.5. The summed E-state index contributed by atoms with van der Waals surface area (Å²) in [5.41, 5.74) is 3.57. The molecule has 0 bridgehead atoms. The largest absolute Gasteiger partial charge is 0.478 e. The lowest BCUT2D eigenvalue weighted by Crippen LogP contribution is -2.00. The molecule has 0 spiro atoms. The number of benzene rings is 2. The van der Waals surface area contributed by atoms with Crippen molar-refractivity contribution in [2.45, 2.75) is 13.8 Å².